The number of sulfonamides is 1. The van der Waals surface area contributed by atoms with Gasteiger partial charge in [-0.15, -0.1) is 0 Å². The van der Waals surface area contributed by atoms with E-state index in [0.29, 0.717) is 11.4 Å². The monoisotopic (exact) mass is 439 g/mol. The molecule has 0 radical (unpaired) electrons. The second-order valence-electron chi connectivity index (χ2n) is 6.10. The van der Waals surface area contributed by atoms with Gasteiger partial charge in [0, 0.05) is 18.5 Å². The molecule has 3 N–H and O–H groups in total. The number of methoxy groups -OCH3 is 1. The van der Waals surface area contributed by atoms with Crippen molar-refractivity contribution in [2.75, 3.05) is 31.0 Å². The van der Waals surface area contributed by atoms with Gasteiger partial charge in [0.05, 0.1) is 12.6 Å². The number of carbonyl (C=O) groups excluding carboxylic acids is 2. The van der Waals surface area contributed by atoms with E-state index in [-0.39, 0.29) is 13.2 Å². The van der Waals surface area contributed by atoms with E-state index >= 15 is 0 Å². The minimum absolute atomic E-state index is 0.0818. The highest BCUT2D eigenvalue weighted by molar-refractivity contribution is 7.89. The Labute approximate surface area is 173 Å². The lowest BCUT2D eigenvalue weighted by molar-refractivity contribution is -0.117. The third-order valence-electron chi connectivity index (χ3n) is 3.75. The number of rotatable bonds is 9. The maximum Gasteiger partial charge on any atom is 0.411 e. The number of carbonyl (C=O) groups is 2. The minimum atomic E-state index is -4.23. The van der Waals surface area contributed by atoms with Crippen LogP contribution in [-0.2, 0) is 24.3 Å². The lowest BCUT2D eigenvalue weighted by Crippen LogP contribution is -2.41. The Bertz CT molecular complexity index is 999. The van der Waals surface area contributed by atoms with E-state index in [0.717, 1.165) is 12.1 Å². The van der Waals surface area contributed by atoms with E-state index in [9.17, 15) is 22.4 Å². The summed E-state index contributed by atoms with van der Waals surface area (Å²) in [7, 11) is -2.76. The van der Waals surface area contributed by atoms with Crippen molar-refractivity contribution in [3.8, 4) is 0 Å². The molecule has 30 heavy (non-hydrogen) atoms. The SMILES string of the molecule is COCCOC(=O)Nc1cccc(NC(=O)[C@H](C)NS(=O)(=O)c2ccccc2F)c1. The molecular formula is C19H22FN3O6S. The van der Waals surface area contributed by atoms with Crippen LogP contribution in [0.3, 0.4) is 0 Å². The van der Waals surface area contributed by atoms with Gasteiger partial charge in [-0.1, -0.05) is 18.2 Å². The number of benzene rings is 2. The number of nitrogens with one attached hydrogen (secondary N) is 3. The van der Waals surface area contributed by atoms with Crippen LogP contribution in [0.5, 0.6) is 0 Å². The van der Waals surface area contributed by atoms with Crippen molar-refractivity contribution in [1.29, 1.82) is 0 Å². The molecule has 0 aliphatic heterocycles. The number of ether oxygens (including phenoxy) is 2. The molecule has 0 bridgehead atoms. The summed E-state index contributed by atoms with van der Waals surface area (Å²) in [6.45, 7) is 1.66. The first kappa shape index (κ1) is 23.3. The third-order valence-corrected chi connectivity index (χ3v) is 5.32. The van der Waals surface area contributed by atoms with Crippen LogP contribution in [0.2, 0.25) is 0 Å². The Morgan fingerprint density at radius 3 is 2.37 bits per heavy atom. The van der Waals surface area contributed by atoms with Crippen LogP contribution in [0.4, 0.5) is 20.6 Å². The number of hydrogen-bond donors (Lipinski definition) is 3. The van der Waals surface area contributed by atoms with Crippen LogP contribution in [0.25, 0.3) is 0 Å². The van der Waals surface area contributed by atoms with E-state index in [1.54, 1.807) is 18.2 Å². The molecule has 0 saturated heterocycles. The molecule has 11 heteroatoms. The zero-order valence-electron chi connectivity index (χ0n) is 16.3. The van der Waals surface area contributed by atoms with Crippen molar-refractivity contribution >= 4 is 33.4 Å². The number of hydrogen-bond acceptors (Lipinski definition) is 6. The van der Waals surface area contributed by atoms with E-state index < -0.39 is 38.8 Å². The molecular weight excluding hydrogens is 417 g/mol. The molecule has 162 valence electrons. The fourth-order valence-corrected chi connectivity index (χ4v) is 3.59. The third kappa shape index (κ3) is 6.79. The van der Waals surface area contributed by atoms with E-state index in [1.807, 2.05) is 0 Å². The highest BCUT2D eigenvalue weighted by Crippen LogP contribution is 2.17. The van der Waals surface area contributed by atoms with Gasteiger partial charge in [-0.2, -0.15) is 4.72 Å². The first-order valence-corrected chi connectivity index (χ1v) is 10.3. The average molecular weight is 439 g/mol. The molecule has 0 saturated carbocycles. The summed E-state index contributed by atoms with van der Waals surface area (Å²) in [4.78, 5) is 23.5. The highest BCUT2D eigenvalue weighted by atomic mass is 32.2. The summed E-state index contributed by atoms with van der Waals surface area (Å²) < 4.78 is 50.1. The fraction of sp³-hybridized carbons (Fsp3) is 0.263. The van der Waals surface area contributed by atoms with Gasteiger partial charge < -0.3 is 14.8 Å². The van der Waals surface area contributed by atoms with Crippen molar-refractivity contribution < 1.29 is 31.9 Å². The normalized spacial score (nSPS) is 12.1. The molecule has 0 unspecified atom stereocenters. The van der Waals surface area contributed by atoms with E-state index in [1.165, 1.54) is 32.2 Å². The zero-order valence-corrected chi connectivity index (χ0v) is 17.2. The molecule has 0 aliphatic rings. The molecule has 0 spiro atoms. The second-order valence-corrected chi connectivity index (χ2v) is 7.78. The Morgan fingerprint density at radius 2 is 1.70 bits per heavy atom. The predicted octanol–water partition coefficient (Wildman–Crippen LogP) is 2.33. The van der Waals surface area contributed by atoms with Crippen LogP contribution in [0.15, 0.2) is 53.4 Å². The minimum Gasteiger partial charge on any atom is -0.447 e. The molecule has 0 heterocycles. The molecule has 2 aromatic carbocycles. The van der Waals surface area contributed by atoms with Crippen LogP contribution in [-0.4, -0.2) is 46.8 Å². The maximum atomic E-state index is 13.8. The van der Waals surface area contributed by atoms with Crippen LogP contribution in [0, 0.1) is 5.82 Å². The molecule has 2 amide bonds. The summed E-state index contributed by atoms with van der Waals surface area (Å²) in [5.41, 5.74) is 0.668. The summed E-state index contributed by atoms with van der Waals surface area (Å²) >= 11 is 0. The van der Waals surface area contributed by atoms with Crippen LogP contribution in [0.1, 0.15) is 6.92 Å². The average Bonchev–Trinajstić information content (AvgIpc) is 2.68. The van der Waals surface area contributed by atoms with Gasteiger partial charge in [0.25, 0.3) is 0 Å². The molecule has 2 aromatic rings. The lowest BCUT2D eigenvalue weighted by Gasteiger charge is -2.15. The molecule has 0 fully saturated rings. The molecule has 0 aromatic heterocycles. The first-order chi connectivity index (χ1) is 14.2. The van der Waals surface area contributed by atoms with Gasteiger partial charge in [-0.25, -0.2) is 17.6 Å². The van der Waals surface area contributed by atoms with Crippen molar-refractivity contribution in [2.24, 2.45) is 0 Å². The Balaban J connectivity index is 1.98. The van der Waals surface area contributed by atoms with Crippen molar-refractivity contribution in [3.63, 3.8) is 0 Å². The summed E-state index contributed by atoms with van der Waals surface area (Å²) in [6.07, 6.45) is -0.693. The summed E-state index contributed by atoms with van der Waals surface area (Å²) in [5, 5.41) is 5.01. The Morgan fingerprint density at radius 1 is 1.03 bits per heavy atom. The zero-order chi connectivity index (χ0) is 22.1. The number of halogens is 1. The van der Waals surface area contributed by atoms with Crippen LogP contribution >= 0.6 is 0 Å². The predicted molar refractivity (Wildman–Crippen MR) is 108 cm³/mol. The second kappa shape index (κ2) is 10.7. The van der Waals surface area contributed by atoms with Crippen LogP contribution < -0.4 is 15.4 Å². The maximum absolute atomic E-state index is 13.8. The van der Waals surface area contributed by atoms with Gasteiger partial charge in [0.2, 0.25) is 15.9 Å². The Kier molecular flexibility index (Phi) is 8.27. The highest BCUT2D eigenvalue weighted by Gasteiger charge is 2.24. The molecule has 2 rings (SSSR count). The standard InChI is InChI=1S/C19H22FN3O6S/c1-13(23-30(26,27)17-9-4-3-8-16(17)20)18(24)21-14-6-5-7-15(12-14)22-19(25)29-11-10-28-2/h3-9,12-13,23H,10-11H2,1-2H3,(H,21,24)(H,22,25)/t13-/m0/s1. The van der Waals surface area contributed by atoms with Crippen molar-refractivity contribution in [3.05, 3.63) is 54.3 Å². The first-order valence-electron chi connectivity index (χ1n) is 8.83. The topological polar surface area (TPSA) is 123 Å². The largest absolute Gasteiger partial charge is 0.447 e. The van der Waals surface area contributed by atoms with Crippen molar-refractivity contribution in [1.82, 2.24) is 4.72 Å². The quantitative estimate of drug-likeness (QED) is 0.516. The van der Waals surface area contributed by atoms with Gasteiger partial charge in [0.1, 0.15) is 17.3 Å². The molecule has 1 atom stereocenters. The van der Waals surface area contributed by atoms with Crippen molar-refractivity contribution in [2.45, 2.75) is 17.9 Å². The number of amides is 2. The van der Waals surface area contributed by atoms with Gasteiger partial charge >= 0.3 is 6.09 Å². The summed E-state index contributed by atoms with van der Waals surface area (Å²) in [6, 6.07) is 9.84. The Hall–Kier alpha value is -3.02. The number of anilines is 2. The van der Waals surface area contributed by atoms with E-state index in [4.69, 9.17) is 9.47 Å². The van der Waals surface area contributed by atoms with Gasteiger partial charge in [-0.05, 0) is 37.3 Å². The molecule has 0 aliphatic carbocycles. The van der Waals surface area contributed by atoms with Gasteiger partial charge in [0.15, 0.2) is 0 Å². The van der Waals surface area contributed by atoms with Gasteiger partial charge in [-0.3, -0.25) is 10.1 Å². The smallest absolute Gasteiger partial charge is 0.411 e. The lowest BCUT2D eigenvalue weighted by atomic mass is 10.2. The van der Waals surface area contributed by atoms with E-state index in [2.05, 4.69) is 15.4 Å². The summed E-state index contributed by atoms with van der Waals surface area (Å²) in [5.74, 6) is -1.59. The molecule has 9 nitrogen and oxygen atoms in total. The fourth-order valence-electron chi connectivity index (χ4n) is 2.31.